The van der Waals surface area contributed by atoms with E-state index in [4.69, 9.17) is 4.74 Å². The van der Waals surface area contributed by atoms with Gasteiger partial charge in [-0.15, -0.1) is 6.58 Å². The largest absolute Gasteiger partial charge is 0.464 e. The summed E-state index contributed by atoms with van der Waals surface area (Å²) in [5.74, 6) is -0.701. The quantitative estimate of drug-likeness (QED) is 0.429. The summed E-state index contributed by atoms with van der Waals surface area (Å²) in [6.07, 6.45) is 1.58. The van der Waals surface area contributed by atoms with Gasteiger partial charge in [0, 0.05) is 30.4 Å². The fourth-order valence-electron chi connectivity index (χ4n) is 3.25. The monoisotopic (exact) mass is 377 g/mol. The molecular formula is C20H31N3O4. The Labute approximate surface area is 161 Å². The highest BCUT2D eigenvalue weighted by molar-refractivity contribution is 6.06. The number of rotatable bonds is 8. The molecule has 150 valence electrons. The van der Waals surface area contributed by atoms with Crippen molar-refractivity contribution in [3.8, 4) is 0 Å². The standard InChI is InChI=1S/C20H31N3O4/c1-9-11-23(20(26)21-12(3)4)15(7)18(24)16-13(5)17(19(25)27-8)22(10-2)14(16)6/h9,12,15H,1,10-11H2,2-8H3,(H,21,26). The van der Waals surface area contributed by atoms with Crippen molar-refractivity contribution < 1.29 is 19.1 Å². The molecular weight excluding hydrogens is 346 g/mol. The number of aromatic nitrogens is 1. The average Bonchev–Trinajstić information content (AvgIpc) is 2.86. The Balaban J connectivity index is 3.38. The molecule has 0 aliphatic heterocycles. The van der Waals surface area contributed by atoms with Gasteiger partial charge in [-0.1, -0.05) is 6.08 Å². The minimum Gasteiger partial charge on any atom is -0.464 e. The van der Waals surface area contributed by atoms with Crippen LogP contribution in [0.4, 0.5) is 4.79 Å². The fraction of sp³-hybridized carbons (Fsp3) is 0.550. The average molecular weight is 377 g/mol. The zero-order chi connectivity index (χ0) is 20.9. The molecule has 1 heterocycles. The molecule has 1 unspecified atom stereocenters. The zero-order valence-corrected chi connectivity index (χ0v) is 17.4. The highest BCUT2D eigenvalue weighted by Crippen LogP contribution is 2.25. The molecule has 0 aromatic carbocycles. The Kier molecular flexibility index (Phi) is 7.82. The second-order valence-corrected chi connectivity index (χ2v) is 6.76. The predicted molar refractivity (Wildman–Crippen MR) is 105 cm³/mol. The number of nitrogens with one attached hydrogen (secondary N) is 1. The number of ether oxygens (including phenoxy) is 1. The first kappa shape index (κ1) is 22.5. The predicted octanol–water partition coefficient (Wildman–Crippen LogP) is 3.09. The van der Waals surface area contributed by atoms with Gasteiger partial charge in [-0.3, -0.25) is 4.79 Å². The molecule has 0 aliphatic rings. The maximum atomic E-state index is 13.3. The minimum absolute atomic E-state index is 0.0531. The summed E-state index contributed by atoms with van der Waals surface area (Å²) in [4.78, 5) is 39.4. The first-order chi connectivity index (χ1) is 12.6. The molecule has 1 atom stereocenters. The van der Waals surface area contributed by atoms with E-state index >= 15 is 0 Å². The van der Waals surface area contributed by atoms with E-state index in [1.54, 1.807) is 31.4 Å². The summed E-state index contributed by atoms with van der Waals surface area (Å²) in [6, 6.07) is -1.09. The second-order valence-electron chi connectivity index (χ2n) is 6.76. The Bertz CT molecular complexity index is 734. The molecule has 7 heteroatoms. The van der Waals surface area contributed by atoms with Gasteiger partial charge in [0.15, 0.2) is 5.78 Å². The summed E-state index contributed by atoms with van der Waals surface area (Å²) in [6.45, 7) is 15.3. The van der Waals surface area contributed by atoms with Crippen LogP contribution in [-0.4, -0.2) is 53.0 Å². The second kappa shape index (κ2) is 9.39. The lowest BCUT2D eigenvalue weighted by atomic mass is 10.00. The van der Waals surface area contributed by atoms with Gasteiger partial charge < -0.3 is 19.5 Å². The minimum atomic E-state index is -0.711. The van der Waals surface area contributed by atoms with Gasteiger partial charge in [0.1, 0.15) is 5.69 Å². The lowest BCUT2D eigenvalue weighted by molar-refractivity contribution is 0.0587. The first-order valence-electron chi connectivity index (χ1n) is 9.12. The normalized spacial score (nSPS) is 11.9. The van der Waals surface area contributed by atoms with Crippen molar-refractivity contribution in [1.82, 2.24) is 14.8 Å². The van der Waals surface area contributed by atoms with E-state index in [9.17, 15) is 14.4 Å². The summed E-state index contributed by atoms with van der Waals surface area (Å²) in [5.41, 5.74) is 2.09. The lowest BCUT2D eigenvalue weighted by Crippen LogP contribution is -2.50. The van der Waals surface area contributed by atoms with Crippen molar-refractivity contribution in [3.63, 3.8) is 0 Å². The molecule has 27 heavy (non-hydrogen) atoms. The molecule has 1 rings (SSSR count). The van der Waals surface area contributed by atoms with Crippen molar-refractivity contribution in [2.45, 2.75) is 60.2 Å². The topological polar surface area (TPSA) is 80.6 Å². The summed E-state index contributed by atoms with van der Waals surface area (Å²) < 4.78 is 6.65. The number of Topliss-reactive ketones (excluding diaryl/α,β-unsaturated/α-hetero) is 1. The van der Waals surface area contributed by atoms with Crippen LogP contribution in [0.25, 0.3) is 0 Å². The van der Waals surface area contributed by atoms with Gasteiger partial charge >= 0.3 is 12.0 Å². The van der Waals surface area contributed by atoms with Crippen molar-refractivity contribution in [2.75, 3.05) is 13.7 Å². The Morgan fingerprint density at radius 3 is 2.30 bits per heavy atom. The van der Waals surface area contributed by atoms with E-state index in [-0.39, 0.29) is 24.4 Å². The maximum Gasteiger partial charge on any atom is 0.354 e. The number of urea groups is 1. The van der Waals surface area contributed by atoms with E-state index in [0.29, 0.717) is 29.1 Å². The molecule has 0 saturated carbocycles. The number of hydrogen-bond acceptors (Lipinski definition) is 4. The third-order valence-corrected chi connectivity index (χ3v) is 4.55. The van der Waals surface area contributed by atoms with Gasteiger partial charge in [0.05, 0.1) is 13.2 Å². The molecule has 0 bridgehead atoms. The number of nitrogens with zero attached hydrogens (tertiary/aromatic N) is 2. The van der Waals surface area contributed by atoms with E-state index in [1.165, 1.54) is 12.0 Å². The number of ketones is 1. The molecule has 0 aliphatic carbocycles. The molecule has 0 radical (unpaired) electrons. The van der Waals surface area contributed by atoms with Crippen LogP contribution >= 0.6 is 0 Å². The van der Waals surface area contributed by atoms with Crippen molar-refractivity contribution in [2.24, 2.45) is 0 Å². The van der Waals surface area contributed by atoms with Gasteiger partial charge in [-0.05, 0) is 47.1 Å². The number of hydrogen-bond donors (Lipinski definition) is 1. The SMILES string of the molecule is C=CCN(C(=O)NC(C)C)C(C)C(=O)c1c(C)c(C(=O)OC)n(CC)c1C. The third-order valence-electron chi connectivity index (χ3n) is 4.55. The highest BCUT2D eigenvalue weighted by atomic mass is 16.5. The van der Waals surface area contributed by atoms with E-state index in [1.807, 2.05) is 20.8 Å². The smallest absolute Gasteiger partial charge is 0.354 e. The van der Waals surface area contributed by atoms with E-state index < -0.39 is 12.0 Å². The van der Waals surface area contributed by atoms with E-state index in [0.717, 1.165) is 0 Å². The molecule has 7 nitrogen and oxygen atoms in total. The number of amides is 2. The van der Waals surface area contributed by atoms with Gasteiger partial charge in [-0.2, -0.15) is 0 Å². The Morgan fingerprint density at radius 1 is 1.26 bits per heavy atom. The molecule has 0 fully saturated rings. The maximum absolute atomic E-state index is 13.3. The third kappa shape index (κ3) is 4.59. The van der Waals surface area contributed by atoms with Crippen molar-refractivity contribution in [1.29, 1.82) is 0 Å². The van der Waals surface area contributed by atoms with Crippen LogP contribution < -0.4 is 5.32 Å². The van der Waals surface area contributed by atoms with Crippen LogP contribution in [0.15, 0.2) is 12.7 Å². The van der Waals surface area contributed by atoms with Crippen LogP contribution in [-0.2, 0) is 11.3 Å². The Morgan fingerprint density at radius 2 is 1.85 bits per heavy atom. The highest BCUT2D eigenvalue weighted by Gasteiger charge is 2.32. The number of esters is 1. The zero-order valence-electron chi connectivity index (χ0n) is 17.4. The number of methoxy groups -OCH3 is 1. The molecule has 0 saturated heterocycles. The summed E-state index contributed by atoms with van der Waals surface area (Å²) in [5, 5.41) is 2.81. The van der Waals surface area contributed by atoms with Crippen LogP contribution in [0, 0.1) is 13.8 Å². The summed E-state index contributed by atoms with van der Waals surface area (Å²) in [7, 11) is 1.32. The van der Waals surface area contributed by atoms with Crippen LogP contribution in [0.1, 0.15) is 59.8 Å². The molecule has 1 aromatic heterocycles. The molecule has 1 N–H and O–H groups in total. The van der Waals surface area contributed by atoms with Gasteiger partial charge in [-0.25, -0.2) is 9.59 Å². The first-order valence-corrected chi connectivity index (χ1v) is 9.12. The number of carbonyl (C=O) groups is 3. The van der Waals surface area contributed by atoms with Gasteiger partial charge in [0.25, 0.3) is 0 Å². The summed E-state index contributed by atoms with van der Waals surface area (Å²) >= 11 is 0. The Hall–Kier alpha value is -2.57. The molecule has 0 spiro atoms. The van der Waals surface area contributed by atoms with Crippen LogP contribution in [0.3, 0.4) is 0 Å². The van der Waals surface area contributed by atoms with E-state index in [2.05, 4.69) is 11.9 Å². The molecule has 2 amide bonds. The van der Waals surface area contributed by atoms with Crippen molar-refractivity contribution >= 4 is 17.8 Å². The van der Waals surface area contributed by atoms with Gasteiger partial charge in [0.2, 0.25) is 0 Å². The number of carbonyl (C=O) groups excluding carboxylic acids is 3. The van der Waals surface area contributed by atoms with Crippen LogP contribution in [0.5, 0.6) is 0 Å². The molecule has 1 aromatic rings. The van der Waals surface area contributed by atoms with Crippen LogP contribution in [0.2, 0.25) is 0 Å². The fourth-order valence-corrected chi connectivity index (χ4v) is 3.25. The van der Waals surface area contributed by atoms with Crippen molar-refractivity contribution in [3.05, 3.63) is 35.2 Å². The lowest BCUT2D eigenvalue weighted by Gasteiger charge is -2.28.